The first-order valence-corrected chi connectivity index (χ1v) is 7.73. The molecule has 112 valence electrons. The Labute approximate surface area is 124 Å². The van der Waals surface area contributed by atoms with Crippen LogP contribution in [-0.2, 0) is 11.2 Å². The Morgan fingerprint density at radius 1 is 1.29 bits per heavy atom. The van der Waals surface area contributed by atoms with Gasteiger partial charge in [0.15, 0.2) is 0 Å². The monoisotopic (exact) mass is 286 g/mol. The van der Waals surface area contributed by atoms with Gasteiger partial charge in [-0.25, -0.2) is 0 Å². The molecule has 0 spiro atoms. The summed E-state index contributed by atoms with van der Waals surface area (Å²) >= 11 is 0. The molecule has 1 aliphatic carbocycles. The molecule has 1 saturated carbocycles. The summed E-state index contributed by atoms with van der Waals surface area (Å²) in [4.78, 5) is 15.5. The van der Waals surface area contributed by atoms with E-state index in [2.05, 4.69) is 10.3 Å². The van der Waals surface area contributed by atoms with Crippen molar-refractivity contribution in [2.75, 3.05) is 6.61 Å². The molecular formula is C17H22N2O2. The van der Waals surface area contributed by atoms with E-state index in [4.69, 9.17) is 0 Å². The zero-order valence-corrected chi connectivity index (χ0v) is 12.1. The molecule has 0 aliphatic heterocycles. The van der Waals surface area contributed by atoms with Gasteiger partial charge in [0.25, 0.3) is 0 Å². The van der Waals surface area contributed by atoms with E-state index in [0.717, 1.165) is 42.1 Å². The van der Waals surface area contributed by atoms with E-state index in [0.29, 0.717) is 6.42 Å². The molecule has 1 aromatic carbocycles. The van der Waals surface area contributed by atoms with E-state index >= 15 is 0 Å². The van der Waals surface area contributed by atoms with Crippen LogP contribution in [0.3, 0.4) is 0 Å². The van der Waals surface area contributed by atoms with Crippen LogP contribution in [0.4, 0.5) is 0 Å². The number of aromatic nitrogens is 1. The van der Waals surface area contributed by atoms with Gasteiger partial charge in [0.2, 0.25) is 5.91 Å². The average molecular weight is 286 g/mol. The molecule has 1 amide bonds. The fourth-order valence-electron chi connectivity index (χ4n) is 3.32. The Hall–Kier alpha value is -1.81. The molecule has 2 aromatic rings. The first kappa shape index (κ1) is 14.1. The van der Waals surface area contributed by atoms with Crippen LogP contribution in [-0.4, -0.2) is 28.6 Å². The van der Waals surface area contributed by atoms with E-state index in [9.17, 15) is 9.90 Å². The maximum Gasteiger partial charge on any atom is 0.224 e. The fraction of sp³-hybridized carbons (Fsp3) is 0.471. The second-order valence-corrected chi connectivity index (χ2v) is 5.94. The Morgan fingerprint density at radius 3 is 2.95 bits per heavy atom. The Kier molecular flexibility index (Phi) is 4.25. The van der Waals surface area contributed by atoms with Crippen molar-refractivity contribution in [3.05, 3.63) is 36.0 Å². The Balaban J connectivity index is 1.66. The lowest BCUT2D eigenvalue weighted by Gasteiger charge is -2.30. The number of para-hydroxylation sites is 1. The lowest BCUT2D eigenvalue weighted by molar-refractivity contribution is -0.121. The quantitative estimate of drug-likeness (QED) is 0.808. The molecule has 1 fully saturated rings. The van der Waals surface area contributed by atoms with Gasteiger partial charge in [0, 0.05) is 35.7 Å². The number of amides is 1. The van der Waals surface area contributed by atoms with Crippen molar-refractivity contribution in [1.29, 1.82) is 0 Å². The first-order chi connectivity index (χ1) is 10.3. The van der Waals surface area contributed by atoms with Crippen molar-refractivity contribution in [1.82, 2.24) is 10.3 Å². The minimum atomic E-state index is 0.0464. The number of aromatic amines is 1. The second kappa shape index (κ2) is 6.31. The van der Waals surface area contributed by atoms with E-state index in [1.165, 1.54) is 0 Å². The van der Waals surface area contributed by atoms with Crippen LogP contribution in [0.5, 0.6) is 0 Å². The van der Waals surface area contributed by atoms with Gasteiger partial charge in [0.05, 0.1) is 6.42 Å². The number of aliphatic hydroxyl groups excluding tert-OH is 1. The molecule has 3 N–H and O–H groups in total. The summed E-state index contributed by atoms with van der Waals surface area (Å²) in [5.74, 6) is 0.260. The highest BCUT2D eigenvalue weighted by Gasteiger charge is 2.25. The number of rotatable bonds is 4. The van der Waals surface area contributed by atoms with Crippen LogP contribution < -0.4 is 5.32 Å². The minimum Gasteiger partial charge on any atom is -0.396 e. The van der Waals surface area contributed by atoms with E-state index in [-0.39, 0.29) is 24.5 Å². The first-order valence-electron chi connectivity index (χ1n) is 7.73. The van der Waals surface area contributed by atoms with Gasteiger partial charge in [-0.15, -0.1) is 0 Å². The third-order valence-corrected chi connectivity index (χ3v) is 4.52. The van der Waals surface area contributed by atoms with Crippen LogP contribution in [0.25, 0.3) is 10.9 Å². The van der Waals surface area contributed by atoms with E-state index in [1.807, 2.05) is 30.5 Å². The van der Waals surface area contributed by atoms with Crippen LogP contribution in [0, 0.1) is 5.92 Å². The second-order valence-electron chi connectivity index (χ2n) is 5.94. The zero-order chi connectivity index (χ0) is 14.7. The van der Waals surface area contributed by atoms with Crippen LogP contribution in [0.2, 0.25) is 0 Å². The van der Waals surface area contributed by atoms with Crippen molar-refractivity contribution in [2.24, 2.45) is 5.92 Å². The highest BCUT2D eigenvalue weighted by atomic mass is 16.3. The molecule has 1 heterocycles. The highest BCUT2D eigenvalue weighted by molar-refractivity contribution is 5.88. The SMILES string of the molecule is O=C(Cc1c[nH]c2ccccc12)NC1CCCCC1CO. The summed E-state index contributed by atoms with van der Waals surface area (Å²) in [7, 11) is 0. The molecule has 0 radical (unpaired) electrons. The number of nitrogens with one attached hydrogen (secondary N) is 2. The van der Waals surface area contributed by atoms with Crippen molar-refractivity contribution >= 4 is 16.8 Å². The number of benzene rings is 1. The molecule has 1 aromatic heterocycles. The number of H-pyrrole nitrogens is 1. The molecule has 4 nitrogen and oxygen atoms in total. The molecule has 2 atom stereocenters. The number of aliphatic hydroxyl groups is 1. The topological polar surface area (TPSA) is 65.1 Å². The summed E-state index contributed by atoms with van der Waals surface area (Å²) in [5.41, 5.74) is 2.09. The van der Waals surface area contributed by atoms with Crippen LogP contribution >= 0.6 is 0 Å². The lowest BCUT2D eigenvalue weighted by Crippen LogP contribution is -2.44. The standard InChI is InChI=1S/C17H22N2O2/c20-11-12-5-1-3-7-15(12)19-17(21)9-13-10-18-16-8-4-2-6-14(13)16/h2,4,6,8,10,12,15,18,20H,1,3,5,7,9,11H2,(H,19,21). The van der Waals surface area contributed by atoms with E-state index < -0.39 is 0 Å². The van der Waals surface area contributed by atoms with Gasteiger partial charge in [-0.1, -0.05) is 31.0 Å². The van der Waals surface area contributed by atoms with E-state index in [1.54, 1.807) is 0 Å². The zero-order valence-electron chi connectivity index (χ0n) is 12.1. The van der Waals surface area contributed by atoms with Crippen molar-refractivity contribution in [3.63, 3.8) is 0 Å². The molecule has 3 rings (SSSR count). The van der Waals surface area contributed by atoms with Crippen LogP contribution in [0.15, 0.2) is 30.5 Å². The molecular weight excluding hydrogens is 264 g/mol. The smallest absolute Gasteiger partial charge is 0.224 e. The van der Waals surface area contributed by atoms with Gasteiger partial charge in [-0.2, -0.15) is 0 Å². The Bertz CT molecular complexity index is 620. The summed E-state index contributed by atoms with van der Waals surface area (Å²) in [5, 5.41) is 13.6. The number of carbonyl (C=O) groups excluding carboxylic acids is 1. The van der Waals surface area contributed by atoms with Gasteiger partial charge < -0.3 is 15.4 Å². The Morgan fingerprint density at radius 2 is 2.10 bits per heavy atom. The van der Waals surface area contributed by atoms with Crippen molar-refractivity contribution < 1.29 is 9.90 Å². The molecule has 2 unspecified atom stereocenters. The summed E-state index contributed by atoms with van der Waals surface area (Å²) in [6, 6.07) is 8.14. The molecule has 0 bridgehead atoms. The predicted octanol–water partition coefficient (Wildman–Crippen LogP) is 2.38. The summed E-state index contributed by atoms with van der Waals surface area (Å²) in [6.45, 7) is 0.165. The number of hydrogen-bond donors (Lipinski definition) is 3. The molecule has 1 aliphatic rings. The maximum atomic E-state index is 12.3. The number of hydrogen-bond acceptors (Lipinski definition) is 2. The molecule has 4 heteroatoms. The van der Waals surface area contributed by atoms with Crippen LogP contribution in [0.1, 0.15) is 31.2 Å². The number of fused-ring (bicyclic) bond motifs is 1. The number of carbonyl (C=O) groups is 1. The average Bonchev–Trinajstić information content (AvgIpc) is 2.91. The van der Waals surface area contributed by atoms with Gasteiger partial charge in [0.1, 0.15) is 0 Å². The largest absolute Gasteiger partial charge is 0.396 e. The fourth-order valence-corrected chi connectivity index (χ4v) is 3.32. The summed E-state index contributed by atoms with van der Waals surface area (Å²) < 4.78 is 0. The predicted molar refractivity (Wildman–Crippen MR) is 83.0 cm³/mol. The third kappa shape index (κ3) is 3.10. The molecule has 0 saturated heterocycles. The lowest BCUT2D eigenvalue weighted by atomic mass is 9.85. The molecule has 21 heavy (non-hydrogen) atoms. The van der Waals surface area contributed by atoms with Crippen molar-refractivity contribution in [2.45, 2.75) is 38.1 Å². The summed E-state index contributed by atoms with van der Waals surface area (Å²) in [6.07, 6.45) is 6.57. The van der Waals surface area contributed by atoms with Crippen molar-refractivity contribution in [3.8, 4) is 0 Å². The normalized spacial score (nSPS) is 22.3. The van der Waals surface area contributed by atoms with Gasteiger partial charge >= 0.3 is 0 Å². The van der Waals surface area contributed by atoms with Gasteiger partial charge in [-0.3, -0.25) is 4.79 Å². The highest BCUT2D eigenvalue weighted by Crippen LogP contribution is 2.24. The van der Waals surface area contributed by atoms with Gasteiger partial charge in [-0.05, 0) is 24.5 Å². The maximum absolute atomic E-state index is 12.3. The third-order valence-electron chi connectivity index (χ3n) is 4.52. The minimum absolute atomic E-state index is 0.0464.